The monoisotopic (exact) mass is 356 g/mol. The lowest BCUT2D eigenvalue weighted by Crippen LogP contribution is -2.43. The molecule has 2 aliphatic heterocycles. The number of carbonyl (C=O) groups excluding carboxylic acids is 1. The average molecular weight is 357 g/mol. The van der Waals surface area contributed by atoms with Gasteiger partial charge in [0, 0.05) is 37.7 Å². The first-order valence-corrected chi connectivity index (χ1v) is 8.88. The van der Waals surface area contributed by atoms with Crippen molar-refractivity contribution in [3.63, 3.8) is 0 Å². The van der Waals surface area contributed by atoms with Gasteiger partial charge in [0.1, 0.15) is 0 Å². The maximum Gasteiger partial charge on any atom is 0.257 e. The molecule has 6 heteroatoms. The van der Waals surface area contributed by atoms with Gasteiger partial charge in [-0.25, -0.2) is 0 Å². The van der Waals surface area contributed by atoms with Crippen molar-refractivity contribution >= 4 is 34.6 Å². The Morgan fingerprint density at radius 2 is 1.76 bits per heavy atom. The van der Waals surface area contributed by atoms with Crippen LogP contribution in [0.2, 0.25) is 5.02 Å². The summed E-state index contributed by atoms with van der Waals surface area (Å²) in [6.07, 6.45) is 0. The number of hydrogen-bond acceptors (Lipinski definition) is 4. The number of rotatable bonds is 2. The standard InChI is InChI=1S/C19H21ClN4O/c1-23-6-8-24(9-7-23)12-13-2-5-16-18(10-13)22-19(25)15-4-3-14(20)11-17(15)21-16/h2-5,10-11,21H,6-9,12H2,1H3,(H,22,25). The Bertz CT molecular complexity index is 815. The molecule has 0 atom stereocenters. The van der Waals surface area contributed by atoms with Crippen molar-refractivity contribution in [1.29, 1.82) is 0 Å². The zero-order chi connectivity index (χ0) is 17.4. The molecule has 0 bridgehead atoms. The maximum absolute atomic E-state index is 12.5. The highest BCUT2D eigenvalue weighted by atomic mass is 35.5. The number of hydrogen-bond donors (Lipinski definition) is 2. The summed E-state index contributed by atoms with van der Waals surface area (Å²) in [6.45, 7) is 5.23. The fourth-order valence-corrected chi connectivity index (χ4v) is 3.49. The first-order chi connectivity index (χ1) is 12.1. The second-order valence-corrected chi connectivity index (χ2v) is 7.16. The Labute approximate surface area is 152 Å². The summed E-state index contributed by atoms with van der Waals surface area (Å²) in [6, 6.07) is 11.5. The zero-order valence-corrected chi connectivity index (χ0v) is 14.9. The van der Waals surface area contributed by atoms with Crippen LogP contribution in [0.15, 0.2) is 36.4 Å². The summed E-state index contributed by atoms with van der Waals surface area (Å²) >= 11 is 6.07. The van der Waals surface area contributed by atoms with Crippen LogP contribution >= 0.6 is 11.6 Å². The van der Waals surface area contributed by atoms with Gasteiger partial charge < -0.3 is 15.5 Å². The van der Waals surface area contributed by atoms with Gasteiger partial charge in [0.25, 0.3) is 5.91 Å². The third-order valence-electron chi connectivity index (χ3n) is 4.83. The minimum atomic E-state index is -0.116. The highest BCUT2D eigenvalue weighted by molar-refractivity contribution is 6.31. The van der Waals surface area contributed by atoms with Crippen molar-refractivity contribution in [3.8, 4) is 0 Å². The lowest BCUT2D eigenvalue weighted by Gasteiger charge is -2.32. The van der Waals surface area contributed by atoms with Gasteiger partial charge >= 0.3 is 0 Å². The van der Waals surface area contributed by atoms with Crippen molar-refractivity contribution in [3.05, 3.63) is 52.5 Å². The predicted molar refractivity (Wildman–Crippen MR) is 102 cm³/mol. The Kier molecular flexibility index (Phi) is 4.37. The highest BCUT2D eigenvalue weighted by Gasteiger charge is 2.20. The molecule has 1 fully saturated rings. The molecule has 0 spiro atoms. The normalized spacial score (nSPS) is 17.9. The van der Waals surface area contributed by atoms with E-state index in [9.17, 15) is 4.79 Å². The van der Waals surface area contributed by atoms with Crippen LogP contribution in [0.5, 0.6) is 0 Å². The van der Waals surface area contributed by atoms with Gasteiger partial charge in [-0.15, -0.1) is 0 Å². The maximum atomic E-state index is 12.5. The Balaban J connectivity index is 1.57. The summed E-state index contributed by atoms with van der Waals surface area (Å²) in [4.78, 5) is 17.3. The van der Waals surface area contributed by atoms with Crippen LogP contribution in [-0.4, -0.2) is 48.9 Å². The first kappa shape index (κ1) is 16.4. The highest BCUT2D eigenvalue weighted by Crippen LogP contribution is 2.34. The molecule has 2 aliphatic rings. The van der Waals surface area contributed by atoms with Gasteiger partial charge in [-0.05, 0) is 42.9 Å². The quantitative estimate of drug-likeness (QED) is 0.865. The van der Waals surface area contributed by atoms with Crippen LogP contribution in [0.1, 0.15) is 15.9 Å². The molecule has 2 N–H and O–H groups in total. The van der Waals surface area contributed by atoms with E-state index in [-0.39, 0.29) is 5.91 Å². The Morgan fingerprint density at radius 3 is 2.56 bits per heavy atom. The molecule has 2 aromatic carbocycles. The van der Waals surface area contributed by atoms with E-state index in [1.807, 2.05) is 6.07 Å². The molecule has 0 saturated carbocycles. The van der Waals surface area contributed by atoms with Gasteiger partial charge in [-0.3, -0.25) is 9.69 Å². The Hall–Kier alpha value is -2.08. The van der Waals surface area contributed by atoms with Gasteiger partial charge in [0.05, 0.1) is 22.6 Å². The number of carbonyl (C=O) groups is 1. The van der Waals surface area contributed by atoms with Crippen molar-refractivity contribution in [1.82, 2.24) is 9.80 Å². The minimum absolute atomic E-state index is 0.116. The predicted octanol–water partition coefficient (Wildman–Crippen LogP) is 3.40. The number of halogens is 1. The van der Waals surface area contributed by atoms with E-state index in [4.69, 9.17) is 11.6 Å². The summed E-state index contributed by atoms with van der Waals surface area (Å²) in [5.41, 5.74) is 4.23. The molecular weight excluding hydrogens is 336 g/mol. The van der Waals surface area contributed by atoms with Crippen LogP contribution in [0.25, 0.3) is 0 Å². The number of fused-ring (bicyclic) bond motifs is 2. The lowest BCUT2D eigenvalue weighted by molar-refractivity contribution is 0.102. The van der Waals surface area contributed by atoms with E-state index < -0.39 is 0 Å². The molecule has 0 aromatic heterocycles. The molecule has 2 aromatic rings. The van der Waals surface area contributed by atoms with E-state index in [0.717, 1.165) is 49.8 Å². The number of likely N-dealkylation sites (N-methyl/N-ethyl adjacent to an activating group) is 1. The third kappa shape index (κ3) is 3.49. The van der Waals surface area contributed by atoms with E-state index in [1.54, 1.807) is 18.2 Å². The molecule has 25 heavy (non-hydrogen) atoms. The van der Waals surface area contributed by atoms with Gasteiger partial charge in [0.15, 0.2) is 0 Å². The number of nitrogens with one attached hydrogen (secondary N) is 2. The van der Waals surface area contributed by atoms with Crippen LogP contribution in [0.4, 0.5) is 17.1 Å². The summed E-state index contributed by atoms with van der Waals surface area (Å²) in [7, 11) is 2.16. The molecular formula is C19H21ClN4O. The molecule has 1 amide bonds. The lowest BCUT2D eigenvalue weighted by atomic mass is 10.1. The van der Waals surface area contributed by atoms with E-state index in [2.05, 4.69) is 39.6 Å². The van der Waals surface area contributed by atoms with Crippen LogP contribution in [-0.2, 0) is 6.54 Å². The van der Waals surface area contributed by atoms with Crippen LogP contribution < -0.4 is 10.6 Å². The first-order valence-electron chi connectivity index (χ1n) is 8.50. The number of piperazine rings is 1. The average Bonchev–Trinajstić information content (AvgIpc) is 2.72. The molecule has 5 nitrogen and oxygen atoms in total. The van der Waals surface area contributed by atoms with Crippen molar-refractivity contribution < 1.29 is 4.79 Å². The van der Waals surface area contributed by atoms with E-state index >= 15 is 0 Å². The largest absolute Gasteiger partial charge is 0.353 e. The molecule has 2 heterocycles. The van der Waals surface area contributed by atoms with Gasteiger partial charge in [0.2, 0.25) is 0 Å². The summed E-state index contributed by atoms with van der Waals surface area (Å²) < 4.78 is 0. The molecule has 0 unspecified atom stereocenters. The topological polar surface area (TPSA) is 47.6 Å². The van der Waals surface area contributed by atoms with Crippen molar-refractivity contribution in [2.75, 3.05) is 43.9 Å². The minimum Gasteiger partial charge on any atom is -0.353 e. The second-order valence-electron chi connectivity index (χ2n) is 6.73. The van der Waals surface area contributed by atoms with Crippen LogP contribution in [0.3, 0.4) is 0 Å². The molecule has 0 radical (unpaired) electrons. The van der Waals surface area contributed by atoms with Gasteiger partial charge in [-0.2, -0.15) is 0 Å². The fourth-order valence-electron chi connectivity index (χ4n) is 3.32. The zero-order valence-electron chi connectivity index (χ0n) is 14.2. The molecule has 0 aliphatic carbocycles. The van der Waals surface area contributed by atoms with Crippen molar-refractivity contribution in [2.45, 2.75) is 6.54 Å². The fraction of sp³-hybridized carbons (Fsp3) is 0.316. The summed E-state index contributed by atoms with van der Waals surface area (Å²) in [5, 5.41) is 6.94. The Morgan fingerprint density at radius 1 is 0.960 bits per heavy atom. The van der Waals surface area contributed by atoms with Gasteiger partial charge in [-0.1, -0.05) is 17.7 Å². The number of benzene rings is 2. The van der Waals surface area contributed by atoms with E-state index in [1.165, 1.54) is 5.56 Å². The van der Waals surface area contributed by atoms with E-state index in [0.29, 0.717) is 10.6 Å². The molecule has 130 valence electrons. The number of nitrogens with zero attached hydrogens (tertiary/aromatic N) is 2. The number of anilines is 3. The summed E-state index contributed by atoms with van der Waals surface area (Å²) in [5.74, 6) is -0.116. The van der Waals surface area contributed by atoms with Crippen LogP contribution in [0, 0.1) is 0 Å². The smallest absolute Gasteiger partial charge is 0.257 e. The number of amides is 1. The SMILES string of the molecule is CN1CCN(Cc2ccc3c(c2)NC(=O)c2ccc(Cl)cc2N3)CC1. The second kappa shape index (κ2) is 6.67. The molecule has 1 saturated heterocycles. The third-order valence-corrected chi connectivity index (χ3v) is 5.06. The molecule has 4 rings (SSSR count). The van der Waals surface area contributed by atoms with Crippen molar-refractivity contribution in [2.24, 2.45) is 0 Å².